The van der Waals surface area contributed by atoms with E-state index >= 15 is 0 Å². The van der Waals surface area contributed by atoms with Crippen LogP contribution in [0, 0.1) is 0 Å². The number of ether oxygens (including phenoxy) is 2. The third kappa shape index (κ3) is 6.72. The summed E-state index contributed by atoms with van der Waals surface area (Å²) in [7, 11) is 0. The lowest BCUT2D eigenvalue weighted by molar-refractivity contribution is -0.153. The summed E-state index contributed by atoms with van der Waals surface area (Å²) in [5.41, 5.74) is 1.10. The van der Waals surface area contributed by atoms with Crippen molar-refractivity contribution in [1.82, 2.24) is 9.80 Å². The molecule has 4 rings (SSSR count). The Morgan fingerprint density at radius 2 is 1.79 bits per heavy atom. The van der Waals surface area contributed by atoms with Gasteiger partial charge in [0, 0.05) is 43.1 Å². The number of rotatable bonds is 8. The first-order valence-electron chi connectivity index (χ1n) is 12.5. The van der Waals surface area contributed by atoms with E-state index in [-0.39, 0.29) is 18.4 Å². The standard InChI is InChI=1S/C26H37ClN2O4/c27-22-8-6-20(7-9-22)21-18-24(33-25(19-21)32-17-5-4-16-30)26(31)29-14-10-23(11-15-29)28-12-2-1-3-13-28/h6-9,18,21,23,25,30H,1-5,10-17,19H2/t21-,25+/m0/s1. The summed E-state index contributed by atoms with van der Waals surface area (Å²) in [5.74, 6) is 0.392. The average Bonchev–Trinajstić information content (AvgIpc) is 2.87. The van der Waals surface area contributed by atoms with Gasteiger partial charge >= 0.3 is 0 Å². The van der Waals surface area contributed by atoms with E-state index < -0.39 is 6.29 Å². The van der Waals surface area contributed by atoms with Gasteiger partial charge in [-0.15, -0.1) is 0 Å². The molecule has 6 nitrogen and oxygen atoms in total. The molecule has 0 bridgehead atoms. The van der Waals surface area contributed by atoms with Crippen LogP contribution in [0.25, 0.3) is 0 Å². The summed E-state index contributed by atoms with van der Waals surface area (Å²) in [6, 6.07) is 8.36. The first kappa shape index (κ1) is 24.5. The third-order valence-electron chi connectivity index (χ3n) is 7.08. The zero-order valence-electron chi connectivity index (χ0n) is 19.5. The lowest BCUT2D eigenvalue weighted by atomic mass is 9.92. The smallest absolute Gasteiger partial charge is 0.288 e. The number of unbranched alkanes of at least 4 members (excludes halogenated alkanes) is 1. The summed E-state index contributed by atoms with van der Waals surface area (Å²) in [5, 5.41) is 9.71. The van der Waals surface area contributed by atoms with Crippen LogP contribution in [0.15, 0.2) is 36.1 Å². The van der Waals surface area contributed by atoms with E-state index in [4.69, 9.17) is 26.2 Å². The third-order valence-corrected chi connectivity index (χ3v) is 7.33. The highest BCUT2D eigenvalue weighted by Crippen LogP contribution is 2.33. The number of aliphatic hydroxyl groups excluding tert-OH is 1. The van der Waals surface area contributed by atoms with Gasteiger partial charge in [0.2, 0.25) is 6.29 Å². The molecule has 2 saturated heterocycles. The van der Waals surface area contributed by atoms with Crippen molar-refractivity contribution in [2.24, 2.45) is 0 Å². The number of nitrogens with zero attached hydrogens (tertiary/aromatic N) is 2. The van der Waals surface area contributed by atoms with Gasteiger partial charge in [0.05, 0.1) is 6.61 Å². The van der Waals surface area contributed by atoms with Crippen molar-refractivity contribution < 1.29 is 19.4 Å². The predicted molar refractivity (Wildman–Crippen MR) is 129 cm³/mol. The highest BCUT2D eigenvalue weighted by molar-refractivity contribution is 6.30. The topological polar surface area (TPSA) is 62.2 Å². The molecule has 0 aromatic heterocycles. The zero-order chi connectivity index (χ0) is 23.0. The molecule has 1 aromatic carbocycles. The molecule has 3 aliphatic heterocycles. The number of amides is 1. The van der Waals surface area contributed by atoms with E-state index in [0.29, 0.717) is 36.3 Å². The van der Waals surface area contributed by atoms with Crippen LogP contribution < -0.4 is 0 Å². The van der Waals surface area contributed by atoms with Gasteiger partial charge in [0.25, 0.3) is 5.91 Å². The second kappa shape index (κ2) is 12.2. The minimum atomic E-state index is -0.473. The van der Waals surface area contributed by atoms with E-state index in [9.17, 15) is 4.79 Å². The van der Waals surface area contributed by atoms with Crippen molar-refractivity contribution in [3.63, 3.8) is 0 Å². The minimum Gasteiger partial charge on any atom is -0.459 e. The molecule has 1 N–H and O–H groups in total. The molecular weight excluding hydrogens is 440 g/mol. The molecule has 0 radical (unpaired) electrons. The molecule has 3 heterocycles. The lowest BCUT2D eigenvalue weighted by Gasteiger charge is -2.40. The van der Waals surface area contributed by atoms with Gasteiger partial charge in [-0.1, -0.05) is 30.2 Å². The maximum Gasteiger partial charge on any atom is 0.288 e. The number of likely N-dealkylation sites (tertiary alicyclic amines) is 2. The molecule has 1 aromatic rings. The van der Waals surface area contributed by atoms with Crippen molar-refractivity contribution in [1.29, 1.82) is 0 Å². The van der Waals surface area contributed by atoms with Crippen molar-refractivity contribution >= 4 is 17.5 Å². The molecule has 3 aliphatic rings. The highest BCUT2D eigenvalue weighted by Gasteiger charge is 2.33. The molecular formula is C26H37ClN2O4. The van der Waals surface area contributed by atoms with Crippen molar-refractivity contribution in [3.05, 3.63) is 46.7 Å². The summed E-state index contributed by atoms with van der Waals surface area (Å²) in [6.07, 6.45) is 9.58. The van der Waals surface area contributed by atoms with E-state index in [0.717, 1.165) is 37.9 Å². The largest absolute Gasteiger partial charge is 0.459 e. The first-order chi connectivity index (χ1) is 16.1. The van der Waals surface area contributed by atoms with Crippen LogP contribution in [-0.2, 0) is 14.3 Å². The first-order valence-corrected chi connectivity index (χ1v) is 12.9. The maximum atomic E-state index is 13.4. The van der Waals surface area contributed by atoms with Gasteiger partial charge in [-0.2, -0.15) is 0 Å². The normalized spacial score (nSPS) is 24.9. The summed E-state index contributed by atoms with van der Waals surface area (Å²) in [4.78, 5) is 18.0. The summed E-state index contributed by atoms with van der Waals surface area (Å²) in [6.45, 7) is 4.60. The molecule has 33 heavy (non-hydrogen) atoms. The number of benzene rings is 1. The van der Waals surface area contributed by atoms with Crippen molar-refractivity contribution in [3.8, 4) is 0 Å². The Bertz CT molecular complexity index is 786. The fourth-order valence-corrected chi connectivity index (χ4v) is 5.28. The van der Waals surface area contributed by atoms with Gasteiger partial charge < -0.3 is 24.4 Å². The van der Waals surface area contributed by atoms with Crippen molar-refractivity contribution in [2.45, 2.75) is 69.6 Å². The number of halogens is 1. The van der Waals surface area contributed by atoms with Crippen LogP contribution in [0.4, 0.5) is 0 Å². The SMILES string of the molecule is O=C(C1=C[C@H](c2ccc(Cl)cc2)C[C@H](OCCCCO)O1)N1CCC(N2CCCCC2)CC1. The number of carbonyl (C=O) groups is 1. The van der Waals surface area contributed by atoms with Crippen LogP contribution in [0.5, 0.6) is 0 Å². The molecule has 0 spiro atoms. The van der Waals surface area contributed by atoms with E-state index in [2.05, 4.69) is 4.90 Å². The molecule has 0 saturated carbocycles. The van der Waals surface area contributed by atoms with Gasteiger partial charge in [0.15, 0.2) is 5.76 Å². The molecule has 182 valence electrons. The Labute approximate surface area is 202 Å². The molecule has 0 aliphatic carbocycles. The second-order valence-corrected chi connectivity index (χ2v) is 9.83. The van der Waals surface area contributed by atoms with Crippen LogP contribution in [0.3, 0.4) is 0 Å². The molecule has 7 heteroatoms. The summed E-state index contributed by atoms with van der Waals surface area (Å²) < 4.78 is 12.0. The second-order valence-electron chi connectivity index (χ2n) is 9.39. The van der Waals surface area contributed by atoms with Gasteiger partial charge in [-0.05, 0) is 75.4 Å². The fraction of sp³-hybridized carbons (Fsp3) is 0.654. The highest BCUT2D eigenvalue weighted by atomic mass is 35.5. The van der Waals surface area contributed by atoms with E-state index in [1.807, 2.05) is 35.2 Å². The quantitative estimate of drug-likeness (QED) is 0.566. The Morgan fingerprint density at radius 3 is 2.48 bits per heavy atom. The monoisotopic (exact) mass is 476 g/mol. The van der Waals surface area contributed by atoms with Gasteiger partial charge in [-0.3, -0.25) is 4.79 Å². The van der Waals surface area contributed by atoms with Crippen LogP contribution in [0.1, 0.15) is 62.8 Å². The Morgan fingerprint density at radius 1 is 1.06 bits per heavy atom. The van der Waals surface area contributed by atoms with Gasteiger partial charge in [-0.25, -0.2) is 0 Å². The number of hydrogen-bond donors (Lipinski definition) is 1. The Balaban J connectivity index is 1.40. The number of piperidine rings is 2. The van der Waals surface area contributed by atoms with E-state index in [1.165, 1.54) is 32.4 Å². The average molecular weight is 477 g/mol. The number of aliphatic hydroxyl groups is 1. The lowest BCUT2D eigenvalue weighted by Crippen LogP contribution is -2.49. The van der Waals surface area contributed by atoms with Crippen LogP contribution in [-0.4, -0.2) is 72.5 Å². The number of carbonyl (C=O) groups excluding carboxylic acids is 1. The zero-order valence-corrected chi connectivity index (χ0v) is 20.2. The van der Waals surface area contributed by atoms with Crippen molar-refractivity contribution in [2.75, 3.05) is 39.4 Å². The van der Waals surface area contributed by atoms with E-state index in [1.54, 1.807) is 0 Å². The molecule has 1 amide bonds. The molecule has 2 fully saturated rings. The predicted octanol–water partition coefficient (Wildman–Crippen LogP) is 4.32. The Kier molecular flexibility index (Phi) is 9.07. The molecule has 0 unspecified atom stereocenters. The number of allylic oxidation sites excluding steroid dienone is 1. The molecule has 2 atom stereocenters. The fourth-order valence-electron chi connectivity index (χ4n) is 5.16. The minimum absolute atomic E-state index is 0.0312. The number of hydrogen-bond acceptors (Lipinski definition) is 5. The van der Waals surface area contributed by atoms with Crippen LogP contribution >= 0.6 is 11.6 Å². The summed E-state index contributed by atoms with van der Waals surface area (Å²) >= 11 is 6.08. The maximum absolute atomic E-state index is 13.4. The van der Waals surface area contributed by atoms with Crippen LogP contribution in [0.2, 0.25) is 5.02 Å². The van der Waals surface area contributed by atoms with Gasteiger partial charge in [0.1, 0.15) is 0 Å². The Hall–Kier alpha value is -1.60.